The normalized spacial score (nSPS) is 16.5. The van der Waals surface area contributed by atoms with Crippen molar-refractivity contribution in [2.24, 2.45) is 0 Å². The molecule has 2 aliphatic heterocycles. The Hall–Kier alpha value is -3.68. The monoisotopic (exact) mass is 407 g/mol. The molecule has 1 fully saturated rings. The third-order valence-corrected chi connectivity index (χ3v) is 5.44. The number of carbonyl (C=O) groups is 4. The molecule has 4 amide bonds. The van der Waals surface area contributed by atoms with Crippen molar-refractivity contribution < 1.29 is 24.3 Å². The van der Waals surface area contributed by atoms with E-state index in [4.69, 9.17) is 0 Å². The van der Waals surface area contributed by atoms with Crippen LogP contribution in [-0.2, 0) is 4.79 Å². The zero-order valence-electron chi connectivity index (χ0n) is 16.3. The third-order valence-electron chi connectivity index (χ3n) is 5.44. The lowest BCUT2D eigenvalue weighted by Gasteiger charge is -2.24. The molecule has 2 aromatic rings. The molecule has 0 aliphatic carbocycles. The Morgan fingerprint density at radius 1 is 0.800 bits per heavy atom. The molecule has 4 rings (SSSR count). The van der Waals surface area contributed by atoms with E-state index in [1.807, 2.05) is 0 Å². The summed E-state index contributed by atoms with van der Waals surface area (Å²) in [5, 5.41) is 9.92. The largest absolute Gasteiger partial charge is 0.507 e. The topological polar surface area (TPSA) is 98.2 Å². The van der Waals surface area contributed by atoms with Crippen molar-refractivity contribution in [3.8, 4) is 5.75 Å². The average Bonchev–Trinajstić information content (AvgIpc) is 2.93. The van der Waals surface area contributed by atoms with Crippen LogP contribution in [0.2, 0.25) is 0 Å². The molecule has 2 aromatic carbocycles. The van der Waals surface area contributed by atoms with Crippen LogP contribution in [0.15, 0.2) is 48.5 Å². The van der Waals surface area contributed by atoms with Crippen LogP contribution in [-0.4, -0.2) is 76.2 Å². The molecule has 0 unspecified atom stereocenters. The van der Waals surface area contributed by atoms with E-state index < -0.39 is 11.8 Å². The van der Waals surface area contributed by atoms with Gasteiger partial charge in [-0.2, -0.15) is 0 Å². The zero-order chi connectivity index (χ0) is 21.3. The van der Waals surface area contributed by atoms with Crippen molar-refractivity contribution in [1.82, 2.24) is 14.7 Å². The average molecular weight is 407 g/mol. The lowest BCUT2D eigenvalue weighted by molar-refractivity contribution is -0.131. The van der Waals surface area contributed by atoms with Gasteiger partial charge in [-0.05, 0) is 30.7 Å². The summed E-state index contributed by atoms with van der Waals surface area (Å²) in [5.74, 6) is -1.63. The first-order valence-corrected chi connectivity index (χ1v) is 9.77. The van der Waals surface area contributed by atoms with Crippen LogP contribution in [0.5, 0.6) is 5.75 Å². The maximum Gasteiger partial charge on any atom is 0.262 e. The third kappa shape index (κ3) is 3.52. The lowest BCUT2D eigenvalue weighted by Crippen LogP contribution is -2.44. The van der Waals surface area contributed by atoms with E-state index in [-0.39, 0.29) is 29.7 Å². The van der Waals surface area contributed by atoms with Gasteiger partial charge < -0.3 is 14.9 Å². The maximum absolute atomic E-state index is 12.8. The van der Waals surface area contributed by atoms with E-state index in [1.54, 1.807) is 52.3 Å². The van der Waals surface area contributed by atoms with Crippen LogP contribution in [0, 0.1) is 0 Å². The second kappa shape index (κ2) is 7.98. The molecule has 2 aliphatic rings. The van der Waals surface area contributed by atoms with E-state index in [9.17, 15) is 24.3 Å². The summed E-state index contributed by atoms with van der Waals surface area (Å²) in [6.45, 7) is 1.15. The predicted octanol–water partition coefficient (Wildman–Crippen LogP) is 1.36. The van der Waals surface area contributed by atoms with Crippen molar-refractivity contribution in [3.63, 3.8) is 0 Å². The number of rotatable bonds is 3. The van der Waals surface area contributed by atoms with Crippen molar-refractivity contribution in [1.29, 1.82) is 0 Å². The van der Waals surface area contributed by atoms with Crippen LogP contribution < -0.4 is 0 Å². The van der Waals surface area contributed by atoms with E-state index in [2.05, 4.69) is 0 Å². The quantitative estimate of drug-likeness (QED) is 0.775. The Balaban J connectivity index is 1.40. The molecule has 2 heterocycles. The van der Waals surface area contributed by atoms with E-state index in [1.165, 1.54) is 6.07 Å². The Morgan fingerprint density at radius 2 is 1.37 bits per heavy atom. The van der Waals surface area contributed by atoms with Crippen molar-refractivity contribution in [2.75, 3.05) is 32.7 Å². The highest BCUT2D eigenvalue weighted by atomic mass is 16.3. The fourth-order valence-electron chi connectivity index (χ4n) is 3.81. The first-order valence-electron chi connectivity index (χ1n) is 9.77. The SMILES string of the molecule is O=C(CN1C(=O)c2ccccc2C1=O)N1CCCN(C(=O)c2ccccc2O)CC1. The van der Waals surface area contributed by atoms with Gasteiger partial charge in [0.25, 0.3) is 17.7 Å². The van der Waals surface area contributed by atoms with Crippen LogP contribution in [0.3, 0.4) is 0 Å². The first-order chi connectivity index (χ1) is 14.5. The number of para-hydroxylation sites is 1. The highest BCUT2D eigenvalue weighted by Gasteiger charge is 2.37. The second-order valence-electron chi connectivity index (χ2n) is 7.29. The minimum absolute atomic E-state index is 0.0784. The molecule has 0 aromatic heterocycles. The highest BCUT2D eigenvalue weighted by Crippen LogP contribution is 2.23. The number of hydrogen-bond acceptors (Lipinski definition) is 5. The van der Waals surface area contributed by atoms with Crippen molar-refractivity contribution >= 4 is 23.6 Å². The number of hydrogen-bond donors (Lipinski definition) is 1. The molecule has 0 radical (unpaired) electrons. The van der Waals surface area contributed by atoms with Crippen LogP contribution in [0.1, 0.15) is 37.5 Å². The van der Waals surface area contributed by atoms with Gasteiger partial charge in [-0.15, -0.1) is 0 Å². The van der Waals surface area contributed by atoms with E-state index >= 15 is 0 Å². The summed E-state index contributed by atoms with van der Waals surface area (Å²) in [6, 6.07) is 12.9. The number of fused-ring (bicyclic) bond motifs is 1. The van der Waals surface area contributed by atoms with Crippen LogP contribution in [0.4, 0.5) is 0 Å². The number of aromatic hydroxyl groups is 1. The molecule has 8 nitrogen and oxygen atoms in total. The van der Waals surface area contributed by atoms with Crippen molar-refractivity contribution in [2.45, 2.75) is 6.42 Å². The molecule has 0 saturated carbocycles. The summed E-state index contributed by atoms with van der Waals surface area (Å²) >= 11 is 0. The molecule has 0 atom stereocenters. The molecule has 8 heteroatoms. The first kappa shape index (κ1) is 19.6. The summed E-state index contributed by atoms with van der Waals surface area (Å²) in [6.07, 6.45) is 0.563. The standard InChI is InChI=1S/C22H21N3O5/c26-18-9-4-3-8-17(18)20(28)24-11-5-10-23(12-13-24)19(27)14-25-21(29)15-6-1-2-7-16(15)22(25)30/h1-4,6-9,26H,5,10-14H2. The Bertz CT molecular complexity index is 1000. The number of imide groups is 1. The summed E-state index contributed by atoms with van der Waals surface area (Å²) in [7, 11) is 0. The number of carbonyl (C=O) groups excluding carboxylic acids is 4. The Kier molecular flexibility index (Phi) is 5.22. The van der Waals surface area contributed by atoms with Gasteiger partial charge in [0.1, 0.15) is 12.3 Å². The van der Waals surface area contributed by atoms with E-state index in [0.29, 0.717) is 43.7 Å². The Morgan fingerprint density at radius 3 is 2.03 bits per heavy atom. The molecule has 0 spiro atoms. The van der Waals surface area contributed by atoms with Gasteiger partial charge in [-0.25, -0.2) is 0 Å². The fourth-order valence-corrected chi connectivity index (χ4v) is 3.81. The predicted molar refractivity (Wildman–Crippen MR) is 107 cm³/mol. The summed E-state index contributed by atoms with van der Waals surface area (Å²) in [5.41, 5.74) is 0.847. The summed E-state index contributed by atoms with van der Waals surface area (Å²) < 4.78 is 0. The lowest BCUT2D eigenvalue weighted by atomic mass is 10.1. The van der Waals surface area contributed by atoms with Gasteiger partial charge in [-0.3, -0.25) is 24.1 Å². The van der Waals surface area contributed by atoms with Crippen LogP contribution >= 0.6 is 0 Å². The summed E-state index contributed by atoms with van der Waals surface area (Å²) in [4.78, 5) is 54.6. The van der Waals surface area contributed by atoms with Gasteiger partial charge in [0, 0.05) is 26.2 Å². The molecule has 154 valence electrons. The molecular formula is C22H21N3O5. The Labute approximate surface area is 173 Å². The van der Waals surface area contributed by atoms with Crippen LogP contribution in [0.25, 0.3) is 0 Å². The fraction of sp³-hybridized carbons (Fsp3) is 0.273. The number of nitrogens with zero attached hydrogens (tertiary/aromatic N) is 3. The van der Waals surface area contributed by atoms with E-state index in [0.717, 1.165) is 4.90 Å². The minimum Gasteiger partial charge on any atom is -0.507 e. The van der Waals surface area contributed by atoms with Gasteiger partial charge in [0.15, 0.2) is 0 Å². The number of amides is 4. The van der Waals surface area contributed by atoms with Gasteiger partial charge in [-0.1, -0.05) is 24.3 Å². The van der Waals surface area contributed by atoms with Gasteiger partial charge >= 0.3 is 0 Å². The number of phenolic OH excluding ortho intramolecular Hbond substituents is 1. The highest BCUT2D eigenvalue weighted by molar-refractivity contribution is 6.22. The second-order valence-corrected chi connectivity index (χ2v) is 7.29. The maximum atomic E-state index is 12.8. The minimum atomic E-state index is -0.463. The molecule has 0 bridgehead atoms. The number of phenols is 1. The zero-order valence-corrected chi connectivity index (χ0v) is 16.3. The smallest absolute Gasteiger partial charge is 0.262 e. The molecule has 1 saturated heterocycles. The molecular weight excluding hydrogens is 386 g/mol. The van der Waals surface area contributed by atoms with Gasteiger partial charge in [0.2, 0.25) is 5.91 Å². The molecule has 1 N–H and O–H groups in total. The number of benzene rings is 2. The van der Waals surface area contributed by atoms with Gasteiger partial charge in [0.05, 0.1) is 16.7 Å². The van der Waals surface area contributed by atoms with Crippen molar-refractivity contribution in [3.05, 3.63) is 65.2 Å². The molecule has 30 heavy (non-hydrogen) atoms.